The first-order valence-corrected chi connectivity index (χ1v) is 7.14. The standard InChI is InChI=1S/C17H17ClN2O2/c1-17(2,3)16(22)20-14-8-13(18)7-6-11(14)4-5-12-9-19-10-15(12)21/h6-10,19,21H,1-3H3,(H,20,22). The van der Waals surface area contributed by atoms with Crippen molar-refractivity contribution in [1.29, 1.82) is 0 Å². The third-order valence-electron chi connectivity index (χ3n) is 2.97. The number of H-pyrrole nitrogens is 1. The molecule has 2 aromatic rings. The van der Waals surface area contributed by atoms with Crippen molar-refractivity contribution < 1.29 is 9.90 Å². The van der Waals surface area contributed by atoms with Gasteiger partial charge in [0.25, 0.3) is 0 Å². The van der Waals surface area contributed by atoms with Gasteiger partial charge in [-0.05, 0) is 18.2 Å². The number of rotatable bonds is 1. The second-order valence-corrected chi connectivity index (χ2v) is 6.33. The highest BCUT2D eigenvalue weighted by Crippen LogP contribution is 2.24. The summed E-state index contributed by atoms with van der Waals surface area (Å²) in [7, 11) is 0. The molecule has 0 fully saturated rings. The lowest BCUT2D eigenvalue weighted by Gasteiger charge is -2.18. The van der Waals surface area contributed by atoms with E-state index in [4.69, 9.17) is 11.6 Å². The molecule has 0 bridgehead atoms. The molecule has 5 heteroatoms. The van der Waals surface area contributed by atoms with Gasteiger partial charge in [-0.2, -0.15) is 0 Å². The Morgan fingerprint density at radius 3 is 2.50 bits per heavy atom. The Bertz CT molecular complexity index is 761. The Kier molecular flexibility index (Phi) is 4.48. The number of aromatic amines is 1. The van der Waals surface area contributed by atoms with Gasteiger partial charge in [0, 0.05) is 28.4 Å². The lowest BCUT2D eigenvalue weighted by atomic mass is 9.95. The maximum atomic E-state index is 12.1. The van der Waals surface area contributed by atoms with Crippen LogP contribution in [0.1, 0.15) is 31.9 Å². The summed E-state index contributed by atoms with van der Waals surface area (Å²) in [6.07, 6.45) is 3.06. The average molecular weight is 317 g/mol. The molecule has 1 aromatic carbocycles. The summed E-state index contributed by atoms with van der Waals surface area (Å²) in [5.74, 6) is 5.75. The molecule has 1 aromatic heterocycles. The number of aromatic nitrogens is 1. The zero-order valence-corrected chi connectivity index (χ0v) is 13.4. The quantitative estimate of drug-likeness (QED) is 0.701. The molecular weight excluding hydrogens is 300 g/mol. The van der Waals surface area contributed by atoms with Crippen LogP contribution >= 0.6 is 11.6 Å². The first-order chi connectivity index (χ1) is 10.3. The van der Waals surface area contributed by atoms with Gasteiger partial charge in [0.1, 0.15) is 5.75 Å². The number of halogens is 1. The fraction of sp³-hybridized carbons (Fsp3) is 0.235. The molecule has 0 spiro atoms. The molecule has 1 amide bonds. The number of carbonyl (C=O) groups excluding carboxylic acids is 1. The van der Waals surface area contributed by atoms with Crippen molar-refractivity contribution in [3.8, 4) is 17.6 Å². The third kappa shape index (κ3) is 3.84. The Morgan fingerprint density at radius 1 is 1.23 bits per heavy atom. The fourth-order valence-corrected chi connectivity index (χ4v) is 1.80. The largest absolute Gasteiger partial charge is 0.505 e. The molecule has 0 saturated carbocycles. The molecule has 2 rings (SSSR count). The Morgan fingerprint density at radius 2 is 1.91 bits per heavy atom. The van der Waals surface area contributed by atoms with Gasteiger partial charge in [-0.25, -0.2) is 0 Å². The molecule has 0 aliphatic heterocycles. The zero-order chi connectivity index (χ0) is 16.3. The van der Waals surface area contributed by atoms with Crippen molar-refractivity contribution in [2.45, 2.75) is 20.8 Å². The summed E-state index contributed by atoms with van der Waals surface area (Å²) in [5, 5.41) is 12.9. The van der Waals surface area contributed by atoms with Crippen LogP contribution in [0.5, 0.6) is 5.75 Å². The fourth-order valence-electron chi connectivity index (χ4n) is 1.63. The van der Waals surface area contributed by atoms with E-state index in [0.717, 1.165) is 0 Å². The number of hydrogen-bond acceptors (Lipinski definition) is 2. The minimum absolute atomic E-state index is 0.0849. The van der Waals surface area contributed by atoms with Crippen LogP contribution in [0.4, 0.5) is 5.69 Å². The minimum atomic E-state index is -0.522. The van der Waals surface area contributed by atoms with Gasteiger partial charge in [-0.15, -0.1) is 0 Å². The highest BCUT2D eigenvalue weighted by molar-refractivity contribution is 6.31. The van der Waals surface area contributed by atoms with Gasteiger partial charge < -0.3 is 15.4 Å². The summed E-state index contributed by atoms with van der Waals surface area (Å²) >= 11 is 5.99. The Balaban J connectivity index is 2.35. The van der Waals surface area contributed by atoms with E-state index in [1.54, 1.807) is 24.4 Å². The van der Waals surface area contributed by atoms with Gasteiger partial charge >= 0.3 is 0 Å². The molecule has 0 atom stereocenters. The topological polar surface area (TPSA) is 65.1 Å². The molecule has 0 aliphatic rings. The number of nitrogens with one attached hydrogen (secondary N) is 2. The average Bonchev–Trinajstić information content (AvgIpc) is 2.82. The third-order valence-corrected chi connectivity index (χ3v) is 3.20. The van der Waals surface area contributed by atoms with Crippen molar-refractivity contribution >= 4 is 23.2 Å². The minimum Gasteiger partial charge on any atom is -0.505 e. The van der Waals surface area contributed by atoms with Crippen LogP contribution in [-0.4, -0.2) is 16.0 Å². The summed E-state index contributed by atoms with van der Waals surface area (Å²) in [4.78, 5) is 14.9. The first kappa shape index (κ1) is 16.0. The maximum absolute atomic E-state index is 12.1. The van der Waals surface area contributed by atoms with Crippen molar-refractivity contribution in [2.75, 3.05) is 5.32 Å². The number of benzene rings is 1. The predicted molar refractivity (Wildman–Crippen MR) is 88.0 cm³/mol. The van der Waals surface area contributed by atoms with Crippen LogP contribution in [-0.2, 0) is 4.79 Å². The number of anilines is 1. The van der Waals surface area contributed by atoms with E-state index < -0.39 is 5.41 Å². The van der Waals surface area contributed by atoms with Crippen LogP contribution < -0.4 is 5.32 Å². The van der Waals surface area contributed by atoms with E-state index in [0.29, 0.717) is 21.8 Å². The molecular formula is C17H17ClN2O2. The van der Waals surface area contributed by atoms with E-state index in [1.165, 1.54) is 6.20 Å². The first-order valence-electron chi connectivity index (χ1n) is 6.76. The number of aromatic hydroxyl groups is 1. The Labute approximate surface area is 134 Å². The monoisotopic (exact) mass is 316 g/mol. The van der Waals surface area contributed by atoms with E-state index >= 15 is 0 Å². The lowest BCUT2D eigenvalue weighted by Crippen LogP contribution is -2.27. The van der Waals surface area contributed by atoms with E-state index in [1.807, 2.05) is 20.8 Å². The van der Waals surface area contributed by atoms with Crippen LogP contribution in [0.25, 0.3) is 0 Å². The van der Waals surface area contributed by atoms with Gasteiger partial charge in [0.15, 0.2) is 0 Å². The predicted octanol–water partition coefficient (Wildman–Crippen LogP) is 3.76. The van der Waals surface area contributed by atoms with E-state index in [9.17, 15) is 9.90 Å². The maximum Gasteiger partial charge on any atom is 0.229 e. The summed E-state index contributed by atoms with van der Waals surface area (Å²) < 4.78 is 0. The lowest BCUT2D eigenvalue weighted by molar-refractivity contribution is -0.123. The second-order valence-electron chi connectivity index (χ2n) is 5.90. The second kappa shape index (κ2) is 6.17. The summed E-state index contributed by atoms with van der Waals surface area (Å²) in [6, 6.07) is 5.10. The smallest absolute Gasteiger partial charge is 0.229 e. The van der Waals surface area contributed by atoms with Crippen molar-refractivity contribution in [1.82, 2.24) is 4.98 Å². The van der Waals surface area contributed by atoms with Crippen molar-refractivity contribution in [2.24, 2.45) is 5.41 Å². The number of hydrogen-bond donors (Lipinski definition) is 3. The highest BCUT2D eigenvalue weighted by atomic mass is 35.5. The molecule has 0 aliphatic carbocycles. The molecule has 0 saturated heterocycles. The summed E-state index contributed by atoms with van der Waals surface area (Å²) in [5.41, 5.74) is 1.15. The molecule has 114 valence electrons. The molecule has 3 N–H and O–H groups in total. The molecule has 1 heterocycles. The van der Waals surface area contributed by atoms with Gasteiger partial charge in [-0.3, -0.25) is 4.79 Å². The SMILES string of the molecule is CC(C)(C)C(=O)Nc1cc(Cl)ccc1C#Cc1c[nH]cc1O. The number of carbonyl (C=O) groups is 1. The zero-order valence-electron chi connectivity index (χ0n) is 12.6. The van der Waals surface area contributed by atoms with Crippen LogP contribution in [0, 0.1) is 17.3 Å². The van der Waals surface area contributed by atoms with Crippen LogP contribution in [0.15, 0.2) is 30.6 Å². The number of amides is 1. The molecule has 4 nitrogen and oxygen atoms in total. The van der Waals surface area contributed by atoms with E-state index in [-0.39, 0.29) is 11.7 Å². The molecule has 22 heavy (non-hydrogen) atoms. The van der Waals surface area contributed by atoms with Crippen LogP contribution in [0.3, 0.4) is 0 Å². The van der Waals surface area contributed by atoms with Gasteiger partial charge in [-0.1, -0.05) is 44.2 Å². The normalized spacial score (nSPS) is 10.7. The molecule has 0 radical (unpaired) electrons. The van der Waals surface area contributed by atoms with Crippen molar-refractivity contribution in [3.05, 3.63) is 46.7 Å². The Hall–Kier alpha value is -2.38. The van der Waals surface area contributed by atoms with Gasteiger partial charge in [0.05, 0.1) is 11.3 Å². The van der Waals surface area contributed by atoms with E-state index in [2.05, 4.69) is 22.1 Å². The van der Waals surface area contributed by atoms with Gasteiger partial charge in [0.2, 0.25) is 5.91 Å². The van der Waals surface area contributed by atoms with Crippen molar-refractivity contribution in [3.63, 3.8) is 0 Å². The highest BCUT2D eigenvalue weighted by Gasteiger charge is 2.22. The summed E-state index contributed by atoms with van der Waals surface area (Å²) in [6.45, 7) is 5.49. The molecule has 0 unspecified atom stereocenters. The van der Waals surface area contributed by atoms with Crippen LogP contribution in [0.2, 0.25) is 5.02 Å².